The molecule has 0 saturated carbocycles. The molecule has 3 heteroatoms. The lowest BCUT2D eigenvalue weighted by atomic mass is 10.1. The first-order valence-electron chi connectivity index (χ1n) is 5.65. The van der Waals surface area contributed by atoms with Gasteiger partial charge in [-0.2, -0.15) is 0 Å². The molecule has 0 aliphatic rings. The number of benzene rings is 1. The zero-order chi connectivity index (χ0) is 12.7. The highest BCUT2D eigenvalue weighted by atomic mass is 16.5. The summed E-state index contributed by atoms with van der Waals surface area (Å²) >= 11 is 0. The van der Waals surface area contributed by atoms with Crippen molar-refractivity contribution in [2.45, 2.75) is 25.9 Å². The lowest BCUT2D eigenvalue weighted by molar-refractivity contribution is -0.148. The lowest BCUT2D eigenvalue weighted by Gasteiger charge is -2.17. The third-order valence-corrected chi connectivity index (χ3v) is 2.41. The number of hydrogen-bond donors (Lipinski definition) is 0. The smallest absolute Gasteiger partial charge is 0.306 e. The number of ether oxygens (including phenoxy) is 2. The predicted molar refractivity (Wildman–Crippen MR) is 66.9 cm³/mol. The van der Waals surface area contributed by atoms with Gasteiger partial charge in [0.25, 0.3) is 0 Å². The molecule has 92 valence electrons. The molecule has 1 unspecified atom stereocenters. The summed E-state index contributed by atoms with van der Waals surface area (Å²) in [5, 5.41) is 0. The van der Waals surface area contributed by atoms with Gasteiger partial charge in [0.1, 0.15) is 11.9 Å². The fourth-order valence-corrected chi connectivity index (χ4v) is 1.49. The molecule has 1 rings (SSSR count). The fraction of sp³-hybridized carbons (Fsp3) is 0.357. The Morgan fingerprint density at radius 2 is 2.29 bits per heavy atom. The molecule has 0 N–H and O–H groups in total. The minimum absolute atomic E-state index is 0.209. The molecule has 1 aromatic rings. The van der Waals surface area contributed by atoms with Gasteiger partial charge in [-0.25, -0.2) is 0 Å². The van der Waals surface area contributed by atoms with Crippen molar-refractivity contribution in [3.05, 3.63) is 42.5 Å². The van der Waals surface area contributed by atoms with Gasteiger partial charge in [-0.3, -0.25) is 4.79 Å². The molecule has 0 amide bonds. The van der Waals surface area contributed by atoms with Crippen molar-refractivity contribution in [2.75, 3.05) is 7.11 Å². The van der Waals surface area contributed by atoms with E-state index in [1.807, 2.05) is 24.3 Å². The third-order valence-electron chi connectivity index (χ3n) is 2.41. The van der Waals surface area contributed by atoms with Crippen LogP contribution in [-0.2, 0) is 9.53 Å². The summed E-state index contributed by atoms with van der Waals surface area (Å²) < 4.78 is 10.5. The van der Waals surface area contributed by atoms with Crippen LogP contribution in [0.2, 0.25) is 0 Å². The largest absolute Gasteiger partial charge is 0.497 e. The maximum absolute atomic E-state index is 11.3. The summed E-state index contributed by atoms with van der Waals surface area (Å²) in [5.74, 6) is 0.545. The highest BCUT2D eigenvalue weighted by Crippen LogP contribution is 2.25. The van der Waals surface area contributed by atoms with Gasteiger partial charge in [0.05, 0.1) is 7.11 Å². The molecule has 0 fully saturated rings. The second-order valence-corrected chi connectivity index (χ2v) is 3.63. The van der Waals surface area contributed by atoms with Crippen molar-refractivity contribution < 1.29 is 14.3 Å². The Morgan fingerprint density at radius 3 is 2.88 bits per heavy atom. The van der Waals surface area contributed by atoms with Gasteiger partial charge >= 0.3 is 5.97 Å². The zero-order valence-electron chi connectivity index (χ0n) is 10.3. The molecule has 0 aromatic heterocycles. The average Bonchev–Trinajstić information content (AvgIpc) is 2.38. The molecule has 1 aromatic carbocycles. The van der Waals surface area contributed by atoms with Crippen molar-refractivity contribution in [1.29, 1.82) is 0 Å². The minimum atomic E-state index is -0.282. The topological polar surface area (TPSA) is 35.5 Å². The van der Waals surface area contributed by atoms with Crippen LogP contribution in [0.15, 0.2) is 36.9 Å². The van der Waals surface area contributed by atoms with E-state index in [0.29, 0.717) is 12.8 Å². The Morgan fingerprint density at radius 1 is 1.53 bits per heavy atom. The van der Waals surface area contributed by atoms with E-state index < -0.39 is 0 Å². The van der Waals surface area contributed by atoms with Gasteiger partial charge in [-0.05, 0) is 17.7 Å². The van der Waals surface area contributed by atoms with Crippen molar-refractivity contribution >= 4 is 5.97 Å². The van der Waals surface area contributed by atoms with E-state index in [9.17, 15) is 4.79 Å². The van der Waals surface area contributed by atoms with Gasteiger partial charge in [0.15, 0.2) is 0 Å². The maximum atomic E-state index is 11.3. The average molecular weight is 234 g/mol. The summed E-state index contributed by atoms with van der Waals surface area (Å²) in [5.41, 5.74) is 0.922. The Bertz CT molecular complexity index is 385. The van der Waals surface area contributed by atoms with Crippen LogP contribution >= 0.6 is 0 Å². The van der Waals surface area contributed by atoms with Crippen LogP contribution in [0.3, 0.4) is 0 Å². The summed E-state index contributed by atoms with van der Waals surface area (Å²) in [6, 6.07) is 7.52. The number of carbonyl (C=O) groups excluding carboxylic acids is 1. The maximum Gasteiger partial charge on any atom is 0.306 e. The predicted octanol–water partition coefficient (Wildman–Crippen LogP) is 3.27. The highest BCUT2D eigenvalue weighted by molar-refractivity contribution is 5.69. The summed E-state index contributed by atoms with van der Waals surface area (Å²) in [6.07, 6.45) is 2.43. The third kappa shape index (κ3) is 3.94. The molecule has 1 atom stereocenters. The molecule has 0 aliphatic carbocycles. The quantitative estimate of drug-likeness (QED) is 0.560. The molecule has 0 bridgehead atoms. The van der Waals surface area contributed by atoms with Gasteiger partial charge < -0.3 is 9.47 Å². The number of hydrogen-bond acceptors (Lipinski definition) is 3. The van der Waals surface area contributed by atoms with E-state index in [2.05, 4.69) is 6.58 Å². The Hall–Kier alpha value is -1.77. The second kappa shape index (κ2) is 6.74. The van der Waals surface area contributed by atoms with Crippen LogP contribution in [0.25, 0.3) is 0 Å². The van der Waals surface area contributed by atoms with Gasteiger partial charge in [-0.15, -0.1) is 6.58 Å². The van der Waals surface area contributed by atoms with Crippen LogP contribution in [-0.4, -0.2) is 13.1 Å². The molecular weight excluding hydrogens is 216 g/mol. The fourth-order valence-electron chi connectivity index (χ4n) is 1.49. The Balaban J connectivity index is 2.87. The molecule has 17 heavy (non-hydrogen) atoms. The van der Waals surface area contributed by atoms with E-state index in [1.165, 1.54) is 0 Å². The van der Waals surface area contributed by atoms with Gasteiger partial charge in [-0.1, -0.05) is 25.1 Å². The molecule has 0 spiro atoms. The van der Waals surface area contributed by atoms with Crippen LogP contribution < -0.4 is 4.74 Å². The van der Waals surface area contributed by atoms with E-state index >= 15 is 0 Å². The SMILES string of the molecule is C=CCC(OC(=O)CC)c1cccc(OC)c1. The van der Waals surface area contributed by atoms with Crippen molar-refractivity contribution in [3.63, 3.8) is 0 Å². The summed E-state index contributed by atoms with van der Waals surface area (Å²) in [6.45, 7) is 5.46. The molecule has 0 heterocycles. The van der Waals surface area contributed by atoms with Gasteiger partial charge in [0.2, 0.25) is 0 Å². The number of carbonyl (C=O) groups is 1. The van der Waals surface area contributed by atoms with E-state index in [-0.39, 0.29) is 12.1 Å². The number of rotatable bonds is 6. The van der Waals surface area contributed by atoms with Crippen LogP contribution in [0, 0.1) is 0 Å². The Kier molecular flexibility index (Phi) is 5.27. The number of methoxy groups -OCH3 is 1. The van der Waals surface area contributed by atoms with Crippen LogP contribution in [0.1, 0.15) is 31.4 Å². The monoisotopic (exact) mass is 234 g/mol. The normalized spacial score (nSPS) is 11.6. The first kappa shape index (κ1) is 13.3. The molecule has 0 aliphatic heterocycles. The summed E-state index contributed by atoms with van der Waals surface area (Å²) in [7, 11) is 1.61. The van der Waals surface area contributed by atoms with E-state index in [4.69, 9.17) is 9.47 Å². The molecule has 3 nitrogen and oxygen atoms in total. The molecule has 0 radical (unpaired) electrons. The molecular formula is C14H18O3. The van der Waals surface area contributed by atoms with Crippen molar-refractivity contribution in [3.8, 4) is 5.75 Å². The van der Waals surface area contributed by atoms with Crippen LogP contribution in [0.4, 0.5) is 0 Å². The van der Waals surface area contributed by atoms with E-state index in [1.54, 1.807) is 20.1 Å². The first-order chi connectivity index (χ1) is 8.21. The van der Waals surface area contributed by atoms with E-state index in [0.717, 1.165) is 11.3 Å². The van der Waals surface area contributed by atoms with Crippen molar-refractivity contribution in [2.24, 2.45) is 0 Å². The van der Waals surface area contributed by atoms with Crippen molar-refractivity contribution in [1.82, 2.24) is 0 Å². The lowest BCUT2D eigenvalue weighted by Crippen LogP contribution is -2.10. The Labute approximate surface area is 102 Å². The van der Waals surface area contributed by atoms with Crippen LogP contribution in [0.5, 0.6) is 5.75 Å². The molecule has 0 saturated heterocycles. The summed E-state index contributed by atoms with van der Waals surface area (Å²) in [4.78, 5) is 11.3. The number of esters is 1. The highest BCUT2D eigenvalue weighted by Gasteiger charge is 2.14. The first-order valence-corrected chi connectivity index (χ1v) is 5.65. The minimum Gasteiger partial charge on any atom is -0.497 e. The zero-order valence-corrected chi connectivity index (χ0v) is 10.3. The standard InChI is InChI=1S/C14H18O3/c1-4-7-13(17-14(15)5-2)11-8-6-9-12(10-11)16-3/h4,6,8-10,13H,1,5,7H2,2-3H3. The van der Waals surface area contributed by atoms with Gasteiger partial charge in [0, 0.05) is 12.8 Å². The second-order valence-electron chi connectivity index (χ2n) is 3.63.